The van der Waals surface area contributed by atoms with E-state index in [1.165, 1.54) is 0 Å². The minimum absolute atomic E-state index is 0.0514. The molecule has 1 N–H and O–H groups in total. The van der Waals surface area contributed by atoms with E-state index in [9.17, 15) is 9.59 Å². The SMILES string of the molecule is CCCN(CC(=O)Nc1ccccc1C)C(=O)CN(C)Cc1ccc(Cl)cc1. The van der Waals surface area contributed by atoms with Crippen LogP contribution in [0.4, 0.5) is 5.69 Å². The molecule has 6 heteroatoms. The number of likely N-dealkylation sites (N-methyl/N-ethyl adjacent to an activating group) is 1. The van der Waals surface area contributed by atoms with Crippen molar-refractivity contribution < 1.29 is 9.59 Å². The van der Waals surface area contributed by atoms with Gasteiger partial charge in [-0.15, -0.1) is 0 Å². The molecule has 150 valence electrons. The molecular weight excluding hydrogens is 374 g/mol. The van der Waals surface area contributed by atoms with Gasteiger partial charge in [-0.1, -0.05) is 48.9 Å². The van der Waals surface area contributed by atoms with Gasteiger partial charge in [-0.3, -0.25) is 14.5 Å². The standard InChI is InChI=1S/C22H28ClN3O2/c1-4-13-26(15-21(27)24-20-8-6-5-7-17(20)2)22(28)16-25(3)14-18-9-11-19(23)12-10-18/h5-12H,4,13-16H2,1-3H3,(H,24,27). The normalized spacial score (nSPS) is 10.8. The van der Waals surface area contributed by atoms with Gasteiger partial charge in [0.05, 0.1) is 13.1 Å². The Kier molecular flexibility index (Phi) is 8.48. The molecule has 2 rings (SSSR count). The third-order valence-electron chi connectivity index (χ3n) is 4.37. The van der Waals surface area contributed by atoms with Crippen molar-refractivity contribution in [3.05, 3.63) is 64.7 Å². The molecule has 0 spiro atoms. The predicted molar refractivity (Wildman–Crippen MR) is 114 cm³/mol. The Balaban J connectivity index is 1.92. The number of para-hydroxylation sites is 1. The number of amides is 2. The Morgan fingerprint density at radius 3 is 2.36 bits per heavy atom. The molecule has 0 bridgehead atoms. The number of anilines is 1. The summed E-state index contributed by atoms with van der Waals surface area (Å²) in [6.07, 6.45) is 0.796. The molecule has 0 saturated heterocycles. The van der Waals surface area contributed by atoms with Crippen LogP contribution in [0.15, 0.2) is 48.5 Å². The summed E-state index contributed by atoms with van der Waals surface area (Å²) in [5.74, 6) is -0.241. The molecule has 0 heterocycles. The highest BCUT2D eigenvalue weighted by molar-refractivity contribution is 6.30. The Bertz CT molecular complexity index is 793. The Morgan fingerprint density at radius 2 is 1.71 bits per heavy atom. The summed E-state index contributed by atoms with van der Waals surface area (Å²) >= 11 is 5.91. The van der Waals surface area contributed by atoms with Crippen LogP contribution in [0.1, 0.15) is 24.5 Å². The number of rotatable bonds is 9. The molecule has 0 saturated carbocycles. The van der Waals surface area contributed by atoms with Crippen molar-refractivity contribution in [2.75, 3.05) is 32.0 Å². The van der Waals surface area contributed by atoms with Crippen LogP contribution < -0.4 is 5.32 Å². The second-order valence-corrected chi connectivity index (χ2v) is 7.41. The van der Waals surface area contributed by atoms with Crippen LogP contribution in [0.2, 0.25) is 5.02 Å². The maximum absolute atomic E-state index is 12.7. The van der Waals surface area contributed by atoms with Crippen LogP contribution >= 0.6 is 11.6 Å². The summed E-state index contributed by atoms with van der Waals surface area (Å²) in [7, 11) is 1.89. The monoisotopic (exact) mass is 401 g/mol. The number of nitrogens with zero attached hydrogens (tertiary/aromatic N) is 2. The molecule has 2 amide bonds. The van der Waals surface area contributed by atoms with Crippen LogP contribution in [-0.2, 0) is 16.1 Å². The summed E-state index contributed by atoms with van der Waals surface area (Å²) in [5.41, 5.74) is 2.85. The minimum atomic E-state index is -0.184. The van der Waals surface area contributed by atoms with E-state index in [0.29, 0.717) is 18.1 Å². The second-order valence-electron chi connectivity index (χ2n) is 6.98. The highest BCUT2D eigenvalue weighted by Gasteiger charge is 2.18. The van der Waals surface area contributed by atoms with Crippen LogP contribution in [-0.4, -0.2) is 48.3 Å². The Labute approximate surface area is 172 Å². The molecule has 0 atom stereocenters. The number of benzene rings is 2. The van der Waals surface area contributed by atoms with Crippen molar-refractivity contribution in [2.24, 2.45) is 0 Å². The lowest BCUT2D eigenvalue weighted by atomic mass is 10.2. The second kappa shape index (κ2) is 10.8. The van der Waals surface area contributed by atoms with E-state index in [1.807, 2.05) is 74.3 Å². The van der Waals surface area contributed by atoms with Gasteiger partial charge >= 0.3 is 0 Å². The number of nitrogens with one attached hydrogen (secondary N) is 1. The van der Waals surface area contributed by atoms with Crippen molar-refractivity contribution in [1.82, 2.24) is 9.80 Å². The first-order valence-corrected chi connectivity index (χ1v) is 9.83. The first-order valence-electron chi connectivity index (χ1n) is 9.45. The van der Waals surface area contributed by atoms with E-state index in [4.69, 9.17) is 11.6 Å². The van der Waals surface area contributed by atoms with E-state index < -0.39 is 0 Å². The fourth-order valence-corrected chi connectivity index (χ4v) is 3.05. The number of hydrogen-bond acceptors (Lipinski definition) is 3. The number of aryl methyl sites for hydroxylation is 1. The zero-order valence-corrected chi connectivity index (χ0v) is 17.5. The zero-order chi connectivity index (χ0) is 20.5. The van der Waals surface area contributed by atoms with Gasteiger partial charge in [0.2, 0.25) is 11.8 Å². The van der Waals surface area contributed by atoms with Crippen molar-refractivity contribution >= 4 is 29.1 Å². The van der Waals surface area contributed by atoms with Crippen molar-refractivity contribution in [2.45, 2.75) is 26.8 Å². The summed E-state index contributed by atoms with van der Waals surface area (Å²) in [5, 5.41) is 3.58. The molecule has 0 fully saturated rings. The molecular formula is C22H28ClN3O2. The fourth-order valence-electron chi connectivity index (χ4n) is 2.93. The quantitative estimate of drug-likeness (QED) is 0.692. The molecule has 0 aromatic heterocycles. The van der Waals surface area contributed by atoms with E-state index in [-0.39, 0.29) is 24.9 Å². The van der Waals surface area contributed by atoms with E-state index in [2.05, 4.69) is 5.32 Å². The largest absolute Gasteiger partial charge is 0.332 e. The van der Waals surface area contributed by atoms with Crippen molar-refractivity contribution in [3.63, 3.8) is 0 Å². The lowest BCUT2D eigenvalue weighted by molar-refractivity contribution is -0.135. The number of carbonyl (C=O) groups excluding carboxylic acids is 2. The average molecular weight is 402 g/mol. The highest BCUT2D eigenvalue weighted by Crippen LogP contribution is 2.13. The predicted octanol–water partition coefficient (Wildman–Crippen LogP) is 3.96. The molecule has 2 aromatic carbocycles. The first kappa shape index (κ1) is 21.9. The zero-order valence-electron chi connectivity index (χ0n) is 16.7. The average Bonchev–Trinajstić information content (AvgIpc) is 2.65. The lowest BCUT2D eigenvalue weighted by Crippen LogP contribution is -2.43. The molecule has 28 heavy (non-hydrogen) atoms. The Morgan fingerprint density at radius 1 is 1.04 bits per heavy atom. The van der Waals surface area contributed by atoms with Gasteiger partial charge < -0.3 is 10.2 Å². The fraction of sp³-hybridized carbons (Fsp3) is 0.364. The van der Waals surface area contributed by atoms with Crippen LogP contribution in [0.5, 0.6) is 0 Å². The Hall–Kier alpha value is -2.37. The topological polar surface area (TPSA) is 52.7 Å². The summed E-state index contributed by atoms with van der Waals surface area (Å²) in [6.45, 7) is 5.43. The lowest BCUT2D eigenvalue weighted by Gasteiger charge is -2.25. The van der Waals surface area contributed by atoms with Gasteiger partial charge in [0.1, 0.15) is 0 Å². The van der Waals surface area contributed by atoms with E-state index in [0.717, 1.165) is 23.2 Å². The smallest absolute Gasteiger partial charge is 0.244 e. The molecule has 0 unspecified atom stereocenters. The molecule has 0 aliphatic heterocycles. The van der Waals surface area contributed by atoms with Gasteiger partial charge in [0.15, 0.2) is 0 Å². The van der Waals surface area contributed by atoms with E-state index in [1.54, 1.807) is 4.90 Å². The van der Waals surface area contributed by atoms with Crippen molar-refractivity contribution in [3.8, 4) is 0 Å². The van der Waals surface area contributed by atoms with Gasteiger partial charge in [-0.25, -0.2) is 0 Å². The van der Waals surface area contributed by atoms with Crippen LogP contribution in [0, 0.1) is 6.92 Å². The van der Waals surface area contributed by atoms with E-state index >= 15 is 0 Å². The third-order valence-corrected chi connectivity index (χ3v) is 4.62. The van der Waals surface area contributed by atoms with Crippen molar-refractivity contribution in [1.29, 1.82) is 0 Å². The van der Waals surface area contributed by atoms with Gasteiger partial charge in [0.25, 0.3) is 0 Å². The molecule has 0 aliphatic rings. The summed E-state index contributed by atoms with van der Waals surface area (Å²) in [6, 6.07) is 15.2. The third kappa shape index (κ3) is 6.98. The highest BCUT2D eigenvalue weighted by atomic mass is 35.5. The number of carbonyl (C=O) groups is 2. The van der Waals surface area contributed by atoms with Gasteiger partial charge in [-0.2, -0.15) is 0 Å². The maximum Gasteiger partial charge on any atom is 0.244 e. The van der Waals surface area contributed by atoms with Crippen LogP contribution in [0.3, 0.4) is 0 Å². The minimum Gasteiger partial charge on any atom is -0.332 e. The first-order chi connectivity index (χ1) is 13.4. The number of hydrogen-bond donors (Lipinski definition) is 1. The van der Waals surface area contributed by atoms with Gasteiger partial charge in [-0.05, 0) is 49.7 Å². The number of halogens is 1. The maximum atomic E-state index is 12.7. The summed E-state index contributed by atoms with van der Waals surface area (Å²) < 4.78 is 0. The molecule has 0 aliphatic carbocycles. The summed E-state index contributed by atoms with van der Waals surface area (Å²) in [4.78, 5) is 28.7. The molecule has 5 nitrogen and oxygen atoms in total. The van der Waals surface area contributed by atoms with Gasteiger partial charge in [0, 0.05) is 23.8 Å². The molecule has 2 aromatic rings. The molecule has 0 radical (unpaired) electrons. The van der Waals surface area contributed by atoms with Crippen LogP contribution in [0.25, 0.3) is 0 Å².